The van der Waals surface area contributed by atoms with E-state index in [0.29, 0.717) is 5.92 Å². The molecule has 4 heteroatoms. The van der Waals surface area contributed by atoms with Crippen LogP contribution < -0.4 is 5.73 Å². The highest BCUT2D eigenvalue weighted by atomic mass is 16.3. The molecule has 2 aromatic heterocycles. The van der Waals surface area contributed by atoms with Gasteiger partial charge in [0.05, 0.1) is 12.3 Å². The lowest BCUT2D eigenvalue weighted by Crippen LogP contribution is -2.19. The minimum atomic E-state index is -0.0533. The van der Waals surface area contributed by atoms with Crippen molar-refractivity contribution in [3.63, 3.8) is 0 Å². The standard InChI is InChI=1S/C13H19N3O/c1-4-8(2)11(14)13-15-9(3)12(16-13)10-6-5-7-17-10/h5-8,11H,4,14H2,1-3H3,(H,15,16). The molecule has 0 saturated heterocycles. The molecule has 3 N–H and O–H groups in total. The zero-order valence-corrected chi connectivity index (χ0v) is 10.5. The minimum absolute atomic E-state index is 0.0533. The smallest absolute Gasteiger partial charge is 0.154 e. The van der Waals surface area contributed by atoms with Gasteiger partial charge in [0.1, 0.15) is 11.5 Å². The lowest BCUT2D eigenvalue weighted by molar-refractivity contribution is 0.441. The fraction of sp³-hybridized carbons (Fsp3) is 0.462. The molecule has 2 unspecified atom stereocenters. The maximum atomic E-state index is 6.16. The van der Waals surface area contributed by atoms with Crippen LogP contribution >= 0.6 is 0 Å². The van der Waals surface area contributed by atoms with E-state index in [0.717, 1.165) is 29.4 Å². The summed E-state index contributed by atoms with van der Waals surface area (Å²) in [5, 5.41) is 0. The van der Waals surface area contributed by atoms with Crippen LogP contribution in [0.5, 0.6) is 0 Å². The Balaban J connectivity index is 2.31. The average Bonchev–Trinajstić information content (AvgIpc) is 2.95. The Bertz CT molecular complexity index is 473. The fourth-order valence-corrected chi connectivity index (χ4v) is 1.82. The van der Waals surface area contributed by atoms with Crippen LogP contribution in [0.15, 0.2) is 22.8 Å². The molecule has 0 saturated carbocycles. The molecule has 0 bridgehead atoms. The molecule has 0 radical (unpaired) electrons. The van der Waals surface area contributed by atoms with Crippen LogP contribution in [-0.2, 0) is 0 Å². The predicted octanol–water partition coefficient (Wildman–Crippen LogP) is 3.02. The van der Waals surface area contributed by atoms with Crippen LogP contribution in [0.25, 0.3) is 11.5 Å². The second kappa shape index (κ2) is 4.75. The highest BCUT2D eigenvalue weighted by molar-refractivity contribution is 5.55. The van der Waals surface area contributed by atoms with Gasteiger partial charge in [-0.2, -0.15) is 0 Å². The van der Waals surface area contributed by atoms with E-state index in [1.165, 1.54) is 0 Å². The van der Waals surface area contributed by atoms with Crippen molar-refractivity contribution >= 4 is 0 Å². The molecule has 2 rings (SSSR count). The molecule has 2 atom stereocenters. The SMILES string of the molecule is CCC(C)C(N)c1nc(-c2ccco2)c(C)[nH]1. The van der Waals surface area contributed by atoms with Crippen LogP contribution in [0, 0.1) is 12.8 Å². The molecule has 2 heterocycles. The summed E-state index contributed by atoms with van der Waals surface area (Å²) in [5.74, 6) is 2.02. The molecular formula is C13H19N3O. The first-order chi connectivity index (χ1) is 8.13. The lowest BCUT2D eigenvalue weighted by Gasteiger charge is -2.15. The number of aryl methyl sites for hydroxylation is 1. The topological polar surface area (TPSA) is 67.8 Å². The van der Waals surface area contributed by atoms with Crippen molar-refractivity contribution in [2.45, 2.75) is 33.2 Å². The highest BCUT2D eigenvalue weighted by Crippen LogP contribution is 2.26. The molecule has 92 valence electrons. The largest absolute Gasteiger partial charge is 0.463 e. The summed E-state index contributed by atoms with van der Waals surface area (Å²) in [6, 6.07) is 3.71. The van der Waals surface area contributed by atoms with Crippen LogP contribution in [-0.4, -0.2) is 9.97 Å². The van der Waals surface area contributed by atoms with Crippen molar-refractivity contribution in [3.8, 4) is 11.5 Å². The van der Waals surface area contributed by atoms with Crippen molar-refractivity contribution < 1.29 is 4.42 Å². The number of H-pyrrole nitrogens is 1. The normalized spacial score (nSPS) is 14.8. The second-order valence-electron chi connectivity index (χ2n) is 4.48. The van der Waals surface area contributed by atoms with Gasteiger partial charge in [-0.1, -0.05) is 20.3 Å². The van der Waals surface area contributed by atoms with Crippen LogP contribution in [0.3, 0.4) is 0 Å². The van der Waals surface area contributed by atoms with Crippen molar-refractivity contribution in [2.24, 2.45) is 11.7 Å². The van der Waals surface area contributed by atoms with Crippen molar-refractivity contribution in [2.75, 3.05) is 0 Å². The first kappa shape index (κ1) is 11.9. The number of hydrogen-bond donors (Lipinski definition) is 2. The summed E-state index contributed by atoms with van der Waals surface area (Å²) in [6.45, 7) is 6.25. The molecule has 4 nitrogen and oxygen atoms in total. The maximum Gasteiger partial charge on any atom is 0.154 e. The van der Waals surface area contributed by atoms with E-state index in [1.54, 1.807) is 6.26 Å². The van der Waals surface area contributed by atoms with Gasteiger partial charge in [0.2, 0.25) is 0 Å². The number of aromatic amines is 1. The molecule has 0 amide bonds. The number of nitrogens with one attached hydrogen (secondary N) is 1. The first-order valence-electron chi connectivity index (χ1n) is 5.99. The zero-order chi connectivity index (χ0) is 12.4. The average molecular weight is 233 g/mol. The van der Waals surface area contributed by atoms with E-state index in [1.807, 2.05) is 19.1 Å². The quantitative estimate of drug-likeness (QED) is 0.852. The van der Waals surface area contributed by atoms with Gasteiger partial charge in [-0.05, 0) is 25.0 Å². The summed E-state index contributed by atoms with van der Waals surface area (Å²) in [5.41, 5.74) is 8.01. The Labute approximate surface area is 101 Å². The number of nitrogens with zero attached hydrogens (tertiary/aromatic N) is 1. The Kier molecular flexibility index (Phi) is 3.33. The first-order valence-corrected chi connectivity index (χ1v) is 5.99. The number of aromatic nitrogens is 2. The van der Waals surface area contributed by atoms with Gasteiger partial charge < -0.3 is 15.1 Å². The summed E-state index contributed by atoms with van der Waals surface area (Å²) >= 11 is 0. The summed E-state index contributed by atoms with van der Waals surface area (Å²) in [6.07, 6.45) is 2.69. The van der Waals surface area contributed by atoms with Crippen molar-refractivity contribution in [1.29, 1.82) is 0 Å². The molecular weight excluding hydrogens is 214 g/mol. The summed E-state index contributed by atoms with van der Waals surface area (Å²) in [4.78, 5) is 7.80. The number of imidazole rings is 1. The van der Waals surface area contributed by atoms with Gasteiger partial charge in [0, 0.05) is 5.69 Å². The third-order valence-corrected chi connectivity index (χ3v) is 3.23. The lowest BCUT2D eigenvalue weighted by atomic mass is 10.00. The van der Waals surface area contributed by atoms with Crippen molar-refractivity contribution in [3.05, 3.63) is 29.9 Å². The molecule has 0 spiro atoms. The van der Waals surface area contributed by atoms with E-state index in [9.17, 15) is 0 Å². The van der Waals surface area contributed by atoms with Crippen molar-refractivity contribution in [1.82, 2.24) is 9.97 Å². The Morgan fingerprint density at radius 3 is 2.88 bits per heavy atom. The molecule has 0 aromatic carbocycles. The van der Waals surface area contributed by atoms with Crippen LogP contribution in [0.2, 0.25) is 0 Å². The molecule has 0 fully saturated rings. The molecule has 0 aliphatic rings. The number of nitrogens with two attached hydrogens (primary N) is 1. The fourth-order valence-electron chi connectivity index (χ4n) is 1.82. The third-order valence-electron chi connectivity index (χ3n) is 3.23. The van der Waals surface area contributed by atoms with Crippen LogP contribution in [0.1, 0.15) is 37.8 Å². The molecule has 0 aliphatic carbocycles. The Morgan fingerprint density at radius 1 is 1.53 bits per heavy atom. The molecule has 17 heavy (non-hydrogen) atoms. The maximum absolute atomic E-state index is 6.16. The van der Waals surface area contributed by atoms with Gasteiger partial charge in [0.15, 0.2) is 5.76 Å². The van der Waals surface area contributed by atoms with Gasteiger partial charge in [-0.3, -0.25) is 0 Å². The van der Waals surface area contributed by atoms with E-state index < -0.39 is 0 Å². The van der Waals surface area contributed by atoms with Gasteiger partial charge in [-0.25, -0.2) is 4.98 Å². The zero-order valence-electron chi connectivity index (χ0n) is 10.5. The Morgan fingerprint density at radius 2 is 2.29 bits per heavy atom. The summed E-state index contributed by atoms with van der Waals surface area (Å²) in [7, 11) is 0. The number of furan rings is 1. The highest BCUT2D eigenvalue weighted by Gasteiger charge is 2.19. The number of rotatable bonds is 4. The Hall–Kier alpha value is -1.55. The summed E-state index contributed by atoms with van der Waals surface area (Å²) < 4.78 is 5.36. The second-order valence-corrected chi connectivity index (χ2v) is 4.48. The van der Waals surface area contributed by atoms with E-state index in [-0.39, 0.29) is 6.04 Å². The third kappa shape index (κ3) is 2.26. The van der Waals surface area contributed by atoms with Gasteiger partial charge in [-0.15, -0.1) is 0 Å². The van der Waals surface area contributed by atoms with E-state index in [4.69, 9.17) is 10.2 Å². The monoisotopic (exact) mass is 233 g/mol. The van der Waals surface area contributed by atoms with Gasteiger partial charge >= 0.3 is 0 Å². The molecule has 0 aliphatic heterocycles. The van der Waals surface area contributed by atoms with Crippen LogP contribution in [0.4, 0.5) is 0 Å². The minimum Gasteiger partial charge on any atom is -0.463 e. The number of hydrogen-bond acceptors (Lipinski definition) is 3. The molecule has 2 aromatic rings. The van der Waals surface area contributed by atoms with Gasteiger partial charge in [0.25, 0.3) is 0 Å². The predicted molar refractivity (Wildman–Crippen MR) is 67.4 cm³/mol. The van der Waals surface area contributed by atoms with E-state index in [2.05, 4.69) is 23.8 Å². The van der Waals surface area contributed by atoms with E-state index >= 15 is 0 Å².